The van der Waals surface area contributed by atoms with Gasteiger partial charge in [0.2, 0.25) is 0 Å². The molecule has 0 unspecified atom stereocenters. The fraction of sp³-hybridized carbons (Fsp3) is 0.136. The van der Waals surface area contributed by atoms with Gasteiger partial charge in [-0.3, -0.25) is 15.0 Å². The average Bonchev–Trinajstić information content (AvgIpc) is 3.39. The predicted octanol–water partition coefficient (Wildman–Crippen LogP) is 4.95. The van der Waals surface area contributed by atoms with E-state index in [0.29, 0.717) is 17.0 Å². The molecule has 0 radical (unpaired) electrons. The number of likely N-dealkylation sites (N-methyl/N-ethyl adjacent to an activating group) is 1. The number of hydrogen-bond acceptors (Lipinski definition) is 4. The first-order valence-electron chi connectivity index (χ1n) is 9.33. The van der Waals surface area contributed by atoms with E-state index in [9.17, 15) is 8.78 Å². The van der Waals surface area contributed by atoms with Crippen molar-refractivity contribution in [2.75, 3.05) is 20.1 Å². The lowest BCUT2D eigenvalue weighted by Gasteiger charge is -2.09. The Bertz CT molecular complexity index is 1310. The van der Waals surface area contributed by atoms with Crippen molar-refractivity contribution in [2.45, 2.75) is 0 Å². The van der Waals surface area contributed by atoms with Gasteiger partial charge in [0.05, 0.1) is 21.7 Å². The molecule has 1 aliphatic rings. The van der Waals surface area contributed by atoms with Gasteiger partial charge in [-0.05, 0) is 42.4 Å². The predicted molar refractivity (Wildman–Crippen MR) is 113 cm³/mol. The molecule has 5 nitrogen and oxygen atoms in total. The van der Waals surface area contributed by atoms with Crippen LogP contribution in [0.3, 0.4) is 0 Å². The van der Waals surface area contributed by atoms with Gasteiger partial charge in [-0.15, -0.1) is 0 Å². The van der Waals surface area contributed by atoms with Crippen LogP contribution in [0.15, 0.2) is 48.8 Å². The number of benzene rings is 1. The van der Waals surface area contributed by atoms with Crippen LogP contribution in [0.25, 0.3) is 39.1 Å². The minimum absolute atomic E-state index is 0.102. The highest BCUT2D eigenvalue weighted by Gasteiger charge is 2.19. The quantitative estimate of drug-likeness (QED) is 0.474. The van der Waals surface area contributed by atoms with Crippen molar-refractivity contribution in [3.8, 4) is 22.5 Å². The van der Waals surface area contributed by atoms with Gasteiger partial charge in [-0.1, -0.05) is 17.7 Å². The lowest BCUT2D eigenvalue weighted by atomic mass is 10.0. The van der Waals surface area contributed by atoms with E-state index in [1.165, 1.54) is 11.6 Å². The van der Waals surface area contributed by atoms with Gasteiger partial charge in [0.1, 0.15) is 17.3 Å². The molecule has 5 rings (SSSR count). The second kappa shape index (κ2) is 7.27. The molecule has 0 amide bonds. The molecule has 0 saturated carbocycles. The summed E-state index contributed by atoms with van der Waals surface area (Å²) in [6.07, 6.45) is 5.67. The Morgan fingerprint density at radius 3 is 2.73 bits per heavy atom. The summed E-state index contributed by atoms with van der Waals surface area (Å²) in [7, 11) is 2.07. The highest BCUT2D eigenvalue weighted by molar-refractivity contribution is 6.31. The zero-order valence-electron chi connectivity index (χ0n) is 16.0. The van der Waals surface area contributed by atoms with Crippen LogP contribution in [0.1, 0.15) is 5.56 Å². The van der Waals surface area contributed by atoms with Gasteiger partial charge < -0.3 is 0 Å². The van der Waals surface area contributed by atoms with Crippen LogP contribution in [0.2, 0.25) is 5.02 Å². The van der Waals surface area contributed by atoms with E-state index in [4.69, 9.17) is 16.6 Å². The highest BCUT2D eigenvalue weighted by atomic mass is 35.5. The summed E-state index contributed by atoms with van der Waals surface area (Å²) >= 11 is 5.86. The molecule has 4 aromatic rings. The van der Waals surface area contributed by atoms with Crippen LogP contribution in [0.5, 0.6) is 0 Å². The maximum absolute atomic E-state index is 14.4. The van der Waals surface area contributed by atoms with Gasteiger partial charge in [-0.2, -0.15) is 5.10 Å². The van der Waals surface area contributed by atoms with Crippen LogP contribution >= 0.6 is 11.6 Å². The summed E-state index contributed by atoms with van der Waals surface area (Å²) < 4.78 is 28.0. The summed E-state index contributed by atoms with van der Waals surface area (Å²) in [5.41, 5.74) is 5.33. The first-order valence-corrected chi connectivity index (χ1v) is 9.71. The molecular formula is C22H16ClF2N5. The number of halogens is 3. The Morgan fingerprint density at radius 1 is 1.07 bits per heavy atom. The van der Waals surface area contributed by atoms with Crippen molar-refractivity contribution in [1.82, 2.24) is 25.1 Å². The number of hydrogen-bond donors (Lipinski definition) is 1. The van der Waals surface area contributed by atoms with E-state index in [1.807, 2.05) is 18.3 Å². The summed E-state index contributed by atoms with van der Waals surface area (Å²) in [6, 6.07) is 7.66. The van der Waals surface area contributed by atoms with Gasteiger partial charge in [0, 0.05) is 42.7 Å². The van der Waals surface area contributed by atoms with Gasteiger partial charge in [0.15, 0.2) is 0 Å². The number of aromatic nitrogens is 4. The van der Waals surface area contributed by atoms with E-state index >= 15 is 0 Å². The molecule has 8 heteroatoms. The summed E-state index contributed by atoms with van der Waals surface area (Å²) in [6.45, 7) is 1.77. The maximum Gasteiger partial charge on any atom is 0.144 e. The number of nitrogens with one attached hydrogen (secondary N) is 1. The fourth-order valence-corrected chi connectivity index (χ4v) is 3.79. The normalized spacial score (nSPS) is 14.5. The second-order valence-corrected chi connectivity index (χ2v) is 7.69. The summed E-state index contributed by atoms with van der Waals surface area (Å²) in [5.74, 6) is -1.56. The van der Waals surface area contributed by atoms with Crippen molar-refractivity contribution in [1.29, 1.82) is 0 Å². The maximum atomic E-state index is 14.4. The van der Waals surface area contributed by atoms with E-state index in [0.717, 1.165) is 35.8 Å². The van der Waals surface area contributed by atoms with Gasteiger partial charge in [0.25, 0.3) is 0 Å². The smallest absolute Gasteiger partial charge is 0.144 e. The standard InChI is InChI=1S/C22H16ClF2N5/c1-30-5-4-12(11-30)13-6-21-20(26-9-13)3-2-19(28-21)15-10-27-29-22(15)14-7-16(23)18(25)8-17(14)24/h2-4,6-10H,5,11H2,1H3,(H,27,29). The van der Waals surface area contributed by atoms with Crippen molar-refractivity contribution in [3.05, 3.63) is 71.0 Å². The molecule has 1 N–H and O–H groups in total. The first-order chi connectivity index (χ1) is 14.5. The number of nitrogens with zero attached hydrogens (tertiary/aromatic N) is 4. The molecule has 30 heavy (non-hydrogen) atoms. The minimum Gasteiger partial charge on any atom is -0.298 e. The van der Waals surface area contributed by atoms with Crippen LogP contribution in [0.4, 0.5) is 8.78 Å². The zero-order valence-corrected chi connectivity index (χ0v) is 16.7. The highest BCUT2D eigenvalue weighted by Crippen LogP contribution is 2.34. The van der Waals surface area contributed by atoms with Crippen LogP contribution in [-0.4, -0.2) is 45.2 Å². The Morgan fingerprint density at radius 2 is 1.93 bits per heavy atom. The average molecular weight is 424 g/mol. The molecule has 1 aliphatic heterocycles. The molecule has 150 valence electrons. The van der Waals surface area contributed by atoms with Crippen LogP contribution in [0, 0.1) is 11.6 Å². The molecule has 4 heterocycles. The second-order valence-electron chi connectivity index (χ2n) is 7.28. The summed E-state index contributed by atoms with van der Waals surface area (Å²) in [4.78, 5) is 11.5. The molecule has 3 aromatic heterocycles. The molecule has 0 atom stereocenters. The van der Waals surface area contributed by atoms with Crippen molar-refractivity contribution >= 4 is 28.2 Å². The van der Waals surface area contributed by atoms with Crippen LogP contribution in [-0.2, 0) is 0 Å². The number of aromatic amines is 1. The number of pyridine rings is 2. The molecule has 0 fully saturated rings. The van der Waals surface area contributed by atoms with Gasteiger partial charge in [-0.25, -0.2) is 13.8 Å². The molecule has 0 bridgehead atoms. The van der Waals surface area contributed by atoms with E-state index < -0.39 is 11.6 Å². The SMILES string of the molecule is CN1CC=C(c2cnc3ccc(-c4c[nH]nc4-c4cc(Cl)c(F)cc4F)nc3c2)C1. The van der Waals surface area contributed by atoms with Crippen molar-refractivity contribution < 1.29 is 8.78 Å². The topological polar surface area (TPSA) is 57.7 Å². The Kier molecular flexibility index (Phi) is 4.56. The van der Waals surface area contributed by atoms with Crippen molar-refractivity contribution in [2.24, 2.45) is 0 Å². The Labute approximate surface area is 176 Å². The molecule has 0 spiro atoms. The molecule has 1 aromatic carbocycles. The van der Waals surface area contributed by atoms with Gasteiger partial charge >= 0.3 is 0 Å². The third-order valence-electron chi connectivity index (χ3n) is 5.18. The molecule has 0 saturated heterocycles. The van der Waals surface area contributed by atoms with Crippen molar-refractivity contribution in [3.63, 3.8) is 0 Å². The third-order valence-corrected chi connectivity index (χ3v) is 5.47. The molecule has 0 aliphatic carbocycles. The third kappa shape index (κ3) is 3.26. The first kappa shape index (κ1) is 18.8. The lowest BCUT2D eigenvalue weighted by Crippen LogP contribution is -2.13. The Balaban J connectivity index is 1.59. The number of rotatable bonds is 3. The monoisotopic (exact) mass is 423 g/mol. The lowest BCUT2D eigenvalue weighted by molar-refractivity contribution is 0.438. The summed E-state index contributed by atoms with van der Waals surface area (Å²) in [5, 5.41) is 6.72. The minimum atomic E-state index is -0.815. The zero-order chi connectivity index (χ0) is 20.8. The fourth-order valence-electron chi connectivity index (χ4n) is 3.62. The molecular weight excluding hydrogens is 408 g/mol. The van der Waals surface area contributed by atoms with E-state index in [-0.39, 0.29) is 10.6 Å². The Hall–Kier alpha value is -3.16. The number of fused-ring (bicyclic) bond motifs is 1. The van der Waals surface area contributed by atoms with E-state index in [1.54, 1.807) is 12.3 Å². The van der Waals surface area contributed by atoms with E-state index in [2.05, 4.69) is 33.2 Å². The largest absolute Gasteiger partial charge is 0.298 e. The number of H-pyrrole nitrogens is 1. The van der Waals surface area contributed by atoms with Crippen LogP contribution < -0.4 is 0 Å².